The van der Waals surface area contributed by atoms with Crippen LogP contribution in [-0.4, -0.2) is 9.97 Å². The molecule has 0 saturated carbocycles. The second-order valence-electron chi connectivity index (χ2n) is 6.16. The van der Waals surface area contributed by atoms with Crippen LogP contribution in [0.3, 0.4) is 0 Å². The van der Waals surface area contributed by atoms with Gasteiger partial charge >= 0.3 is 0 Å². The van der Waals surface area contributed by atoms with Crippen molar-refractivity contribution in [3.05, 3.63) is 39.5 Å². The summed E-state index contributed by atoms with van der Waals surface area (Å²) in [5.41, 5.74) is 10.3. The fourth-order valence-corrected chi connectivity index (χ4v) is 2.92. The zero-order valence-corrected chi connectivity index (χ0v) is 14.2. The molecular formula is C16H20BrN3. The summed E-state index contributed by atoms with van der Waals surface area (Å²) in [6.45, 7) is 10.5. The first-order chi connectivity index (χ1) is 9.20. The number of halogens is 1. The highest BCUT2D eigenvalue weighted by Gasteiger charge is 2.23. The smallest absolute Gasteiger partial charge is 0.162 e. The molecule has 2 rings (SSSR count). The van der Waals surface area contributed by atoms with Gasteiger partial charge in [-0.15, -0.1) is 0 Å². The van der Waals surface area contributed by atoms with E-state index < -0.39 is 0 Å². The predicted molar refractivity (Wildman–Crippen MR) is 87.8 cm³/mol. The van der Waals surface area contributed by atoms with Gasteiger partial charge in [0.15, 0.2) is 5.82 Å². The summed E-state index contributed by atoms with van der Waals surface area (Å²) in [7, 11) is 0. The van der Waals surface area contributed by atoms with Gasteiger partial charge in [-0.25, -0.2) is 9.97 Å². The zero-order chi connectivity index (χ0) is 15.1. The van der Waals surface area contributed by atoms with E-state index >= 15 is 0 Å². The van der Waals surface area contributed by atoms with Gasteiger partial charge < -0.3 is 5.73 Å². The Morgan fingerprint density at radius 3 is 2.30 bits per heavy atom. The normalized spacial score (nSPS) is 11.7. The molecule has 0 radical (unpaired) electrons. The molecule has 0 fully saturated rings. The van der Waals surface area contributed by atoms with Gasteiger partial charge in [-0.1, -0.05) is 44.5 Å². The first kappa shape index (κ1) is 15.0. The standard InChI is InChI=1S/C16H20BrN3/c1-9-6-7-11(10(2)8-9)15-19-13(16(3,4)5)12(17)14(18)20-15/h6-8H,1-5H3,(H2,18,19,20). The first-order valence-electron chi connectivity index (χ1n) is 6.61. The van der Waals surface area contributed by atoms with E-state index in [1.54, 1.807) is 0 Å². The van der Waals surface area contributed by atoms with Crippen molar-refractivity contribution >= 4 is 21.7 Å². The van der Waals surface area contributed by atoms with Gasteiger partial charge in [0, 0.05) is 11.0 Å². The lowest BCUT2D eigenvalue weighted by Gasteiger charge is -2.21. The molecular weight excluding hydrogens is 314 g/mol. The SMILES string of the molecule is Cc1ccc(-c2nc(N)c(Br)c(C(C)(C)C)n2)c(C)c1. The zero-order valence-electron chi connectivity index (χ0n) is 12.6. The van der Waals surface area contributed by atoms with Crippen molar-refractivity contribution < 1.29 is 0 Å². The van der Waals surface area contributed by atoms with Crippen LogP contribution in [0, 0.1) is 13.8 Å². The summed E-state index contributed by atoms with van der Waals surface area (Å²) in [6, 6.07) is 6.26. The van der Waals surface area contributed by atoms with Gasteiger partial charge in [-0.05, 0) is 35.3 Å². The number of aromatic nitrogens is 2. The summed E-state index contributed by atoms with van der Waals surface area (Å²) in [6.07, 6.45) is 0. The number of nitrogens with two attached hydrogens (primary N) is 1. The molecule has 0 amide bonds. The van der Waals surface area contributed by atoms with Crippen molar-refractivity contribution in [2.45, 2.75) is 40.0 Å². The monoisotopic (exact) mass is 333 g/mol. The average molecular weight is 334 g/mol. The van der Waals surface area contributed by atoms with Crippen LogP contribution < -0.4 is 5.73 Å². The fourth-order valence-electron chi connectivity index (χ4n) is 2.15. The third-order valence-corrected chi connectivity index (χ3v) is 3.99. The number of hydrogen-bond donors (Lipinski definition) is 1. The van der Waals surface area contributed by atoms with Crippen LogP contribution in [-0.2, 0) is 5.41 Å². The molecule has 20 heavy (non-hydrogen) atoms. The van der Waals surface area contributed by atoms with Crippen molar-refractivity contribution in [3.8, 4) is 11.4 Å². The van der Waals surface area contributed by atoms with Crippen LogP contribution in [0.5, 0.6) is 0 Å². The van der Waals surface area contributed by atoms with E-state index in [4.69, 9.17) is 10.7 Å². The summed E-state index contributed by atoms with van der Waals surface area (Å²) >= 11 is 3.50. The second-order valence-corrected chi connectivity index (χ2v) is 6.96. The topological polar surface area (TPSA) is 51.8 Å². The van der Waals surface area contributed by atoms with Crippen molar-refractivity contribution in [2.24, 2.45) is 0 Å². The van der Waals surface area contributed by atoms with E-state index in [1.165, 1.54) is 5.56 Å². The van der Waals surface area contributed by atoms with E-state index in [0.717, 1.165) is 21.3 Å². The lowest BCUT2D eigenvalue weighted by atomic mass is 9.91. The molecule has 2 N–H and O–H groups in total. The Kier molecular flexibility index (Phi) is 3.87. The lowest BCUT2D eigenvalue weighted by molar-refractivity contribution is 0.564. The Labute approximate surface area is 128 Å². The summed E-state index contributed by atoms with van der Waals surface area (Å²) in [4.78, 5) is 9.15. The Bertz CT molecular complexity index is 658. The van der Waals surface area contributed by atoms with Gasteiger partial charge in [0.25, 0.3) is 0 Å². The average Bonchev–Trinajstić information content (AvgIpc) is 2.31. The Hall–Kier alpha value is -1.42. The number of nitrogen functional groups attached to an aromatic ring is 1. The maximum absolute atomic E-state index is 6.04. The van der Waals surface area contributed by atoms with Gasteiger partial charge in [-0.3, -0.25) is 0 Å². The molecule has 1 aromatic carbocycles. The van der Waals surface area contributed by atoms with Crippen molar-refractivity contribution in [3.63, 3.8) is 0 Å². The predicted octanol–water partition coefficient (Wildman–Crippen LogP) is 4.40. The Balaban J connectivity index is 2.67. The second kappa shape index (κ2) is 5.17. The minimum atomic E-state index is -0.0940. The van der Waals surface area contributed by atoms with Gasteiger partial charge in [-0.2, -0.15) is 0 Å². The number of aryl methyl sites for hydroxylation is 2. The fraction of sp³-hybridized carbons (Fsp3) is 0.375. The van der Waals surface area contributed by atoms with Crippen molar-refractivity contribution in [1.29, 1.82) is 0 Å². The van der Waals surface area contributed by atoms with E-state index in [1.807, 2.05) is 0 Å². The molecule has 0 bridgehead atoms. The lowest BCUT2D eigenvalue weighted by Crippen LogP contribution is -2.17. The molecule has 0 aliphatic rings. The number of rotatable bonds is 1. The van der Waals surface area contributed by atoms with Gasteiger partial charge in [0.05, 0.1) is 10.2 Å². The van der Waals surface area contributed by atoms with Crippen molar-refractivity contribution in [2.75, 3.05) is 5.73 Å². The molecule has 1 heterocycles. The minimum Gasteiger partial charge on any atom is -0.383 e. The van der Waals surface area contributed by atoms with E-state index in [-0.39, 0.29) is 5.41 Å². The van der Waals surface area contributed by atoms with E-state index in [9.17, 15) is 0 Å². The number of benzene rings is 1. The highest BCUT2D eigenvalue weighted by atomic mass is 79.9. The molecule has 0 unspecified atom stereocenters. The molecule has 0 aliphatic heterocycles. The van der Waals surface area contributed by atoms with Crippen LogP contribution >= 0.6 is 15.9 Å². The van der Waals surface area contributed by atoms with E-state index in [0.29, 0.717) is 11.6 Å². The van der Waals surface area contributed by atoms with E-state index in [2.05, 4.69) is 73.7 Å². The molecule has 2 aromatic rings. The third-order valence-electron chi connectivity index (χ3n) is 3.21. The molecule has 0 spiro atoms. The Morgan fingerprint density at radius 2 is 1.75 bits per heavy atom. The number of nitrogens with zero attached hydrogens (tertiary/aromatic N) is 2. The van der Waals surface area contributed by atoms with Crippen LogP contribution in [0.1, 0.15) is 37.6 Å². The third kappa shape index (κ3) is 2.85. The highest BCUT2D eigenvalue weighted by Crippen LogP contribution is 2.33. The molecule has 0 atom stereocenters. The quantitative estimate of drug-likeness (QED) is 0.841. The van der Waals surface area contributed by atoms with Crippen LogP contribution in [0.2, 0.25) is 0 Å². The maximum atomic E-state index is 6.04. The van der Waals surface area contributed by atoms with Crippen molar-refractivity contribution in [1.82, 2.24) is 9.97 Å². The molecule has 1 aromatic heterocycles. The van der Waals surface area contributed by atoms with Gasteiger partial charge in [0.1, 0.15) is 5.82 Å². The van der Waals surface area contributed by atoms with Gasteiger partial charge in [0.2, 0.25) is 0 Å². The molecule has 106 valence electrons. The summed E-state index contributed by atoms with van der Waals surface area (Å²) < 4.78 is 0.790. The van der Waals surface area contributed by atoms with Crippen LogP contribution in [0.4, 0.5) is 5.82 Å². The first-order valence-corrected chi connectivity index (χ1v) is 7.40. The number of hydrogen-bond acceptors (Lipinski definition) is 3. The molecule has 4 heteroatoms. The molecule has 3 nitrogen and oxygen atoms in total. The Morgan fingerprint density at radius 1 is 1.10 bits per heavy atom. The number of anilines is 1. The molecule has 0 saturated heterocycles. The maximum Gasteiger partial charge on any atom is 0.162 e. The minimum absolute atomic E-state index is 0.0940. The largest absolute Gasteiger partial charge is 0.383 e. The summed E-state index contributed by atoms with van der Waals surface area (Å²) in [5, 5.41) is 0. The van der Waals surface area contributed by atoms with Crippen LogP contribution in [0.25, 0.3) is 11.4 Å². The van der Waals surface area contributed by atoms with Crippen LogP contribution in [0.15, 0.2) is 22.7 Å². The summed E-state index contributed by atoms with van der Waals surface area (Å²) in [5.74, 6) is 1.17. The molecule has 0 aliphatic carbocycles. The highest BCUT2D eigenvalue weighted by molar-refractivity contribution is 9.10.